The second kappa shape index (κ2) is 4.83. The minimum atomic E-state index is -0.518. The number of rotatable bonds is 4. The smallest absolute Gasteiger partial charge is 0.188 e. The van der Waals surface area contributed by atoms with E-state index in [0.29, 0.717) is 22.8 Å². The zero-order valence-electron chi connectivity index (χ0n) is 12.1. The Morgan fingerprint density at radius 1 is 1.50 bits per heavy atom. The van der Waals surface area contributed by atoms with Crippen LogP contribution in [0.25, 0.3) is 0 Å². The third-order valence-electron chi connectivity index (χ3n) is 3.46. The monoisotopic (exact) mass is 278 g/mol. The SMILES string of the molecule is C=C1Oc2c(C(C)=O)c(O)cc(OCOC)c2C1(C)C. The largest absolute Gasteiger partial charge is 0.507 e. The summed E-state index contributed by atoms with van der Waals surface area (Å²) in [5.41, 5.74) is 0.329. The molecular formula is C15H18O5. The van der Waals surface area contributed by atoms with Crippen molar-refractivity contribution in [1.29, 1.82) is 0 Å². The van der Waals surface area contributed by atoms with Crippen molar-refractivity contribution in [3.8, 4) is 17.2 Å². The van der Waals surface area contributed by atoms with Gasteiger partial charge in [-0.1, -0.05) is 6.58 Å². The van der Waals surface area contributed by atoms with E-state index in [1.807, 2.05) is 13.8 Å². The van der Waals surface area contributed by atoms with Crippen LogP contribution < -0.4 is 9.47 Å². The van der Waals surface area contributed by atoms with E-state index >= 15 is 0 Å². The highest BCUT2D eigenvalue weighted by atomic mass is 16.7. The molecule has 0 bridgehead atoms. The molecule has 5 heteroatoms. The number of carbonyl (C=O) groups is 1. The molecule has 0 amide bonds. The molecule has 0 fully saturated rings. The van der Waals surface area contributed by atoms with E-state index in [0.717, 1.165) is 0 Å². The Hall–Kier alpha value is -2.01. The van der Waals surface area contributed by atoms with E-state index < -0.39 is 5.41 Å². The van der Waals surface area contributed by atoms with E-state index in [1.54, 1.807) is 0 Å². The van der Waals surface area contributed by atoms with E-state index in [-0.39, 0.29) is 23.9 Å². The topological polar surface area (TPSA) is 65.0 Å². The highest BCUT2D eigenvalue weighted by Crippen LogP contribution is 2.53. The lowest BCUT2D eigenvalue weighted by Gasteiger charge is -2.20. The van der Waals surface area contributed by atoms with E-state index in [2.05, 4.69) is 6.58 Å². The van der Waals surface area contributed by atoms with Gasteiger partial charge in [-0.15, -0.1) is 0 Å². The van der Waals surface area contributed by atoms with Gasteiger partial charge in [0.2, 0.25) is 0 Å². The number of hydrogen-bond acceptors (Lipinski definition) is 5. The first kappa shape index (κ1) is 14.4. The highest BCUT2D eigenvalue weighted by Gasteiger charge is 2.42. The summed E-state index contributed by atoms with van der Waals surface area (Å²) < 4.78 is 16.0. The first-order chi connectivity index (χ1) is 9.30. The summed E-state index contributed by atoms with van der Waals surface area (Å²) in [6.07, 6.45) is 0. The molecule has 1 aromatic carbocycles. The lowest BCUT2D eigenvalue weighted by atomic mass is 9.83. The van der Waals surface area contributed by atoms with Crippen LogP contribution in [0.2, 0.25) is 0 Å². The number of fused-ring (bicyclic) bond motifs is 1. The van der Waals surface area contributed by atoms with Crippen molar-refractivity contribution in [3.05, 3.63) is 29.5 Å². The molecule has 0 spiro atoms. The van der Waals surface area contributed by atoms with Gasteiger partial charge in [0.1, 0.15) is 28.6 Å². The van der Waals surface area contributed by atoms with Crippen molar-refractivity contribution in [2.75, 3.05) is 13.9 Å². The van der Waals surface area contributed by atoms with Gasteiger partial charge < -0.3 is 19.3 Å². The third kappa shape index (κ3) is 2.04. The maximum atomic E-state index is 11.7. The maximum absolute atomic E-state index is 11.7. The average Bonchev–Trinajstić information content (AvgIpc) is 2.56. The van der Waals surface area contributed by atoms with Crippen LogP contribution >= 0.6 is 0 Å². The minimum Gasteiger partial charge on any atom is -0.507 e. The molecule has 0 atom stereocenters. The first-order valence-electron chi connectivity index (χ1n) is 6.21. The van der Waals surface area contributed by atoms with Gasteiger partial charge in [-0.25, -0.2) is 0 Å². The van der Waals surface area contributed by atoms with Crippen LogP contribution in [0.3, 0.4) is 0 Å². The number of aromatic hydroxyl groups is 1. The zero-order chi connectivity index (χ0) is 15.1. The number of ether oxygens (including phenoxy) is 3. The predicted octanol–water partition coefficient (Wildman–Crippen LogP) is 2.76. The summed E-state index contributed by atoms with van der Waals surface area (Å²) in [6.45, 7) is 9.12. The van der Waals surface area contributed by atoms with Gasteiger partial charge in [0, 0.05) is 13.2 Å². The highest BCUT2D eigenvalue weighted by molar-refractivity contribution is 6.01. The number of phenols is 1. The van der Waals surface area contributed by atoms with Crippen LogP contribution in [0.15, 0.2) is 18.4 Å². The lowest BCUT2D eigenvalue weighted by molar-refractivity contribution is 0.0499. The standard InChI is InChI=1S/C15H18O5/c1-8(16)12-10(17)6-11(19-7-18-5)13-14(12)20-9(2)15(13,3)4/h6,17H,2,7H2,1,3-5H3. The summed E-state index contributed by atoms with van der Waals surface area (Å²) in [7, 11) is 1.50. The molecular weight excluding hydrogens is 260 g/mol. The van der Waals surface area contributed by atoms with Crippen molar-refractivity contribution >= 4 is 5.78 Å². The quantitative estimate of drug-likeness (QED) is 0.677. The average molecular weight is 278 g/mol. The van der Waals surface area contributed by atoms with Gasteiger partial charge in [0.15, 0.2) is 12.6 Å². The number of Topliss-reactive ketones (excluding diaryl/α,β-unsaturated/α-hetero) is 1. The predicted molar refractivity (Wildman–Crippen MR) is 73.4 cm³/mol. The summed E-state index contributed by atoms with van der Waals surface area (Å²) in [6, 6.07) is 1.41. The number of benzene rings is 1. The number of hydrogen-bond donors (Lipinski definition) is 1. The first-order valence-corrected chi connectivity index (χ1v) is 6.21. The van der Waals surface area contributed by atoms with Crippen LogP contribution in [0.1, 0.15) is 36.7 Å². The molecule has 1 N–H and O–H groups in total. The Morgan fingerprint density at radius 2 is 2.15 bits per heavy atom. The van der Waals surface area contributed by atoms with Crippen LogP contribution in [-0.2, 0) is 10.2 Å². The molecule has 0 aromatic heterocycles. The summed E-state index contributed by atoms with van der Waals surface area (Å²) in [5, 5.41) is 10.0. The molecule has 0 saturated carbocycles. The lowest BCUT2D eigenvalue weighted by Crippen LogP contribution is -2.17. The number of allylic oxidation sites excluding steroid dienone is 1. The molecule has 2 rings (SSSR count). The molecule has 0 saturated heterocycles. The molecule has 0 radical (unpaired) electrons. The molecule has 0 aliphatic carbocycles. The fourth-order valence-electron chi connectivity index (χ4n) is 2.28. The molecule has 1 aliphatic rings. The molecule has 0 unspecified atom stereocenters. The fraction of sp³-hybridized carbons (Fsp3) is 0.400. The Morgan fingerprint density at radius 3 is 2.70 bits per heavy atom. The summed E-state index contributed by atoms with van der Waals surface area (Å²) in [4.78, 5) is 11.7. The Labute approximate surface area is 117 Å². The van der Waals surface area contributed by atoms with Gasteiger partial charge in [0.05, 0.1) is 11.0 Å². The molecule has 20 heavy (non-hydrogen) atoms. The number of methoxy groups -OCH3 is 1. The molecule has 1 heterocycles. The normalized spacial score (nSPS) is 15.7. The van der Waals surface area contributed by atoms with Gasteiger partial charge in [-0.3, -0.25) is 4.79 Å². The van der Waals surface area contributed by atoms with Crippen molar-refractivity contribution < 1.29 is 24.1 Å². The number of ketones is 1. The molecule has 108 valence electrons. The molecule has 5 nitrogen and oxygen atoms in total. The minimum absolute atomic E-state index is 0.0356. The van der Waals surface area contributed by atoms with Gasteiger partial charge in [0.25, 0.3) is 0 Å². The van der Waals surface area contributed by atoms with Crippen LogP contribution in [-0.4, -0.2) is 24.8 Å². The van der Waals surface area contributed by atoms with E-state index in [9.17, 15) is 9.90 Å². The maximum Gasteiger partial charge on any atom is 0.188 e. The van der Waals surface area contributed by atoms with Crippen LogP contribution in [0, 0.1) is 0 Å². The van der Waals surface area contributed by atoms with Crippen molar-refractivity contribution in [2.24, 2.45) is 0 Å². The number of carbonyl (C=O) groups excluding carboxylic acids is 1. The summed E-state index contributed by atoms with van der Waals surface area (Å²) in [5.74, 6) is 0.796. The Bertz CT molecular complexity index is 586. The summed E-state index contributed by atoms with van der Waals surface area (Å²) >= 11 is 0. The molecule has 1 aromatic rings. The van der Waals surface area contributed by atoms with Crippen molar-refractivity contribution in [1.82, 2.24) is 0 Å². The van der Waals surface area contributed by atoms with Gasteiger partial charge in [-0.05, 0) is 20.8 Å². The van der Waals surface area contributed by atoms with Crippen molar-refractivity contribution in [3.63, 3.8) is 0 Å². The van der Waals surface area contributed by atoms with Gasteiger partial charge in [-0.2, -0.15) is 0 Å². The van der Waals surface area contributed by atoms with E-state index in [4.69, 9.17) is 14.2 Å². The zero-order valence-corrected chi connectivity index (χ0v) is 12.1. The number of phenolic OH excluding ortho intramolecular Hbond substituents is 1. The molecule has 1 aliphatic heterocycles. The van der Waals surface area contributed by atoms with Crippen molar-refractivity contribution in [2.45, 2.75) is 26.2 Å². The Balaban J connectivity index is 2.70. The van der Waals surface area contributed by atoms with Crippen LogP contribution in [0.4, 0.5) is 0 Å². The van der Waals surface area contributed by atoms with Crippen LogP contribution in [0.5, 0.6) is 17.2 Å². The van der Waals surface area contributed by atoms with E-state index in [1.165, 1.54) is 20.1 Å². The second-order valence-electron chi connectivity index (χ2n) is 5.23. The third-order valence-corrected chi connectivity index (χ3v) is 3.46. The fourth-order valence-corrected chi connectivity index (χ4v) is 2.28. The van der Waals surface area contributed by atoms with Gasteiger partial charge >= 0.3 is 0 Å². The second-order valence-corrected chi connectivity index (χ2v) is 5.23. The Kier molecular flexibility index (Phi) is 3.48.